The van der Waals surface area contributed by atoms with E-state index < -0.39 is 41.1 Å². The first kappa shape index (κ1) is 23.1. The first-order valence-electron chi connectivity index (χ1n) is 11.4. The van der Waals surface area contributed by atoms with E-state index in [2.05, 4.69) is 0 Å². The fourth-order valence-electron chi connectivity index (χ4n) is 7.71. The number of aliphatic hydroxyl groups is 3. The van der Waals surface area contributed by atoms with Crippen molar-refractivity contribution in [1.29, 1.82) is 0 Å². The van der Waals surface area contributed by atoms with E-state index in [9.17, 15) is 29.7 Å². The van der Waals surface area contributed by atoms with E-state index in [0.717, 1.165) is 17.6 Å². The van der Waals surface area contributed by atoms with Crippen LogP contribution in [0.4, 0.5) is 4.79 Å². The van der Waals surface area contributed by atoms with Gasteiger partial charge in [0.15, 0.2) is 11.6 Å². The molecule has 8 nitrogen and oxygen atoms in total. The molecule has 4 rings (SSSR count). The molecular formula is C24H32O8. The quantitative estimate of drug-likeness (QED) is 0.468. The largest absolute Gasteiger partial charge is 0.505 e. The lowest BCUT2D eigenvalue weighted by molar-refractivity contribution is -0.179. The van der Waals surface area contributed by atoms with Gasteiger partial charge in [-0.05, 0) is 56.1 Å². The minimum absolute atomic E-state index is 0.0103. The van der Waals surface area contributed by atoms with Gasteiger partial charge in [0.25, 0.3) is 0 Å². The maximum Gasteiger partial charge on any atom is 0.505 e. The Balaban J connectivity index is 1.71. The van der Waals surface area contributed by atoms with Gasteiger partial charge in [0, 0.05) is 23.2 Å². The second-order valence-corrected chi connectivity index (χ2v) is 10.3. The zero-order valence-corrected chi connectivity index (χ0v) is 18.5. The predicted octanol–water partition coefficient (Wildman–Crippen LogP) is 2.01. The average molecular weight is 449 g/mol. The first-order valence-corrected chi connectivity index (χ1v) is 11.4. The van der Waals surface area contributed by atoms with E-state index in [-0.39, 0.29) is 49.4 Å². The van der Waals surface area contributed by atoms with Gasteiger partial charge in [-0.1, -0.05) is 25.0 Å². The van der Waals surface area contributed by atoms with Crippen molar-refractivity contribution in [1.82, 2.24) is 0 Å². The minimum atomic E-state index is -1.66. The summed E-state index contributed by atoms with van der Waals surface area (Å²) in [7, 11) is 0. The Morgan fingerprint density at radius 1 is 1.22 bits per heavy atom. The van der Waals surface area contributed by atoms with E-state index in [4.69, 9.17) is 9.84 Å². The third kappa shape index (κ3) is 3.10. The molecule has 3 saturated carbocycles. The Morgan fingerprint density at radius 3 is 2.59 bits per heavy atom. The summed E-state index contributed by atoms with van der Waals surface area (Å²) in [4.78, 5) is 35.7. The van der Waals surface area contributed by atoms with Gasteiger partial charge in [0.1, 0.15) is 12.2 Å². The molecule has 4 aliphatic carbocycles. The van der Waals surface area contributed by atoms with Crippen molar-refractivity contribution in [2.75, 3.05) is 13.2 Å². The summed E-state index contributed by atoms with van der Waals surface area (Å²) in [5.74, 6) is -0.950. The fraction of sp³-hybridized carbons (Fsp3) is 0.708. The summed E-state index contributed by atoms with van der Waals surface area (Å²) in [5.41, 5.74) is -1.42. The smallest absolute Gasteiger partial charge is 0.450 e. The number of allylic oxidation sites excluding steroid dienone is 3. The molecule has 32 heavy (non-hydrogen) atoms. The summed E-state index contributed by atoms with van der Waals surface area (Å²) in [5, 5.41) is 41.1. The monoisotopic (exact) mass is 448 g/mol. The van der Waals surface area contributed by atoms with Crippen LogP contribution in [0.15, 0.2) is 23.3 Å². The number of aliphatic hydroxyl groups excluding tert-OH is 2. The van der Waals surface area contributed by atoms with Crippen molar-refractivity contribution < 1.29 is 39.5 Å². The van der Waals surface area contributed by atoms with Crippen molar-refractivity contribution >= 4 is 17.7 Å². The number of ketones is 2. The average Bonchev–Trinajstić information content (AvgIpc) is 2.99. The molecule has 4 N–H and O–H groups in total. The van der Waals surface area contributed by atoms with Crippen molar-refractivity contribution in [3.8, 4) is 0 Å². The van der Waals surface area contributed by atoms with Crippen LogP contribution in [0.25, 0.3) is 0 Å². The molecule has 0 aliphatic heterocycles. The Labute approximate surface area is 187 Å². The van der Waals surface area contributed by atoms with Crippen molar-refractivity contribution in [3.63, 3.8) is 0 Å². The van der Waals surface area contributed by atoms with E-state index in [1.807, 2.05) is 13.8 Å². The second-order valence-electron chi connectivity index (χ2n) is 10.3. The number of carbonyl (C=O) groups excluding carboxylic acids is 2. The summed E-state index contributed by atoms with van der Waals surface area (Å²) < 4.78 is 4.71. The highest BCUT2D eigenvalue weighted by Crippen LogP contribution is 2.68. The topological polar surface area (TPSA) is 141 Å². The maximum absolute atomic E-state index is 12.5. The molecule has 4 aliphatic rings. The molecule has 0 aromatic rings. The van der Waals surface area contributed by atoms with Crippen LogP contribution >= 0.6 is 0 Å². The number of carboxylic acid groups (broad SMARTS) is 1. The van der Waals surface area contributed by atoms with Crippen LogP contribution in [0.5, 0.6) is 0 Å². The summed E-state index contributed by atoms with van der Waals surface area (Å²) in [6, 6.07) is 0. The second kappa shape index (κ2) is 7.78. The Hall–Kier alpha value is -2.03. The number of Topliss-reactive ketones (excluding diaryl/α,β-unsaturated/α-hetero) is 1. The molecule has 0 heterocycles. The van der Waals surface area contributed by atoms with E-state index in [1.165, 1.54) is 6.08 Å². The van der Waals surface area contributed by atoms with E-state index in [0.29, 0.717) is 12.8 Å². The summed E-state index contributed by atoms with van der Waals surface area (Å²) in [6.45, 7) is 3.07. The molecular weight excluding hydrogens is 416 g/mol. The molecule has 0 unspecified atom stereocenters. The van der Waals surface area contributed by atoms with Crippen molar-refractivity contribution in [2.45, 2.75) is 64.1 Å². The van der Waals surface area contributed by atoms with Crippen molar-refractivity contribution in [3.05, 3.63) is 23.3 Å². The van der Waals surface area contributed by atoms with Crippen LogP contribution in [0.3, 0.4) is 0 Å². The molecule has 0 spiro atoms. The zero-order chi connectivity index (χ0) is 23.5. The third-order valence-corrected chi connectivity index (χ3v) is 9.19. The molecule has 8 heteroatoms. The van der Waals surface area contributed by atoms with Gasteiger partial charge in [-0.25, -0.2) is 4.79 Å². The lowest BCUT2D eigenvalue weighted by Gasteiger charge is -2.60. The molecule has 176 valence electrons. The summed E-state index contributed by atoms with van der Waals surface area (Å²) in [6.07, 6.45) is 3.73. The number of carbonyl (C=O) groups is 3. The van der Waals surface area contributed by atoms with Crippen LogP contribution < -0.4 is 0 Å². The highest BCUT2D eigenvalue weighted by Gasteiger charge is 2.68. The Bertz CT molecular complexity index is 906. The third-order valence-electron chi connectivity index (χ3n) is 9.19. The van der Waals surface area contributed by atoms with Crippen LogP contribution in [-0.4, -0.2) is 63.1 Å². The van der Waals surface area contributed by atoms with Gasteiger partial charge in [-0.3, -0.25) is 9.59 Å². The van der Waals surface area contributed by atoms with E-state index >= 15 is 0 Å². The van der Waals surface area contributed by atoms with E-state index in [1.54, 1.807) is 6.08 Å². The fourth-order valence-corrected chi connectivity index (χ4v) is 7.71. The standard InChI is InChI=1S/C24H32O8/c1-22-11-18(27)20-16(17(22)5-7-24(22,31)19(28)12-25)4-3-13-9-15(26)10-14(23(13,20)2)6-8-32-21(29)30/h9-10,16-18,20,25,27,31H,3-8,11-12H2,1-2H3,(H,29,30)/t16-,17-,18-,20+,22-,23+,24-/m0/s1. The van der Waals surface area contributed by atoms with Crippen LogP contribution in [0.1, 0.15) is 52.4 Å². The lowest BCUT2D eigenvalue weighted by Crippen LogP contribution is -2.62. The van der Waals surface area contributed by atoms with Crippen LogP contribution in [0, 0.1) is 28.6 Å². The summed E-state index contributed by atoms with van der Waals surface area (Å²) >= 11 is 0. The number of fused-ring (bicyclic) bond motifs is 5. The van der Waals surface area contributed by atoms with Gasteiger partial charge in [-0.15, -0.1) is 0 Å². The number of ether oxygens (including phenoxy) is 1. The van der Waals surface area contributed by atoms with Gasteiger partial charge >= 0.3 is 6.16 Å². The Morgan fingerprint density at radius 2 is 1.94 bits per heavy atom. The SMILES string of the molecule is C[C@]12C(CCOC(=O)O)=CC(=O)C=C1CC[C@@H]1[C@@H]2[C@@H](O)C[C@@]2(C)[C@H]1CC[C@]2(O)C(=O)CO. The molecule has 3 fully saturated rings. The highest BCUT2D eigenvalue weighted by molar-refractivity contribution is 6.02. The number of rotatable bonds is 5. The normalized spacial score (nSPS) is 42.8. The molecule has 0 amide bonds. The zero-order valence-electron chi connectivity index (χ0n) is 18.5. The molecule has 0 radical (unpaired) electrons. The maximum atomic E-state index is 12.5. The molecule has 7 atom stereocenters. The number of hydrogen-bond acceptors (Lipinski definition) is 7. The van der Waals surface area contributed by atoms with Gasteiger partial charge in [-0.2, -0.15) is 0 Å². The molecule has 0 aromatic heterocycles. The molecule has 0 saturated heterocycles. The van der Waals surface area contributed by atoms with Crippen LogP contribution in [-0.2, 0) is 14.3 Å². The molecule has 0 bridgehead atoms. The lowest BCUT2D eigenvalue weighted by atomic mass is 9.44. The number of hydrogen-bond donors (Lipinski definition) is 4. The molecule has 0 aromatic carbocycles. The highest BCUT2D eigenvalue weighted by atomic mass is 16.7. The first-order chi connectivity index (χ1) is 15.0. The Kier molecular flexibility index (Phi) is 5.63. The van der Waals surface area contributed by atoms with Crippen molar-refractivity contribution in [2.24, 2.45) is 28.6 Å². The predicted molar refractivity (Wildman–Crippen MR) is 113 cm³/mol. The minimum Gasteiger partial charge on any atom is -0.450 e. The van der Waals surface area contributed by atoms with Crippen LogP contribution in [0.2, 0.25) is 0 Å². The van der Waals surface area contributed by atoms with Gasteiger partial charge in [0.2, 0.25) is 0 Å². The van der Waals surface area contributed by atoms with Gasteiger partial charge < -0.3 is 25.2 Å². The van der Waals surface area contributed by atoms with Gasteiger partial charge in [0.05, 0.1) is 12.7 Å².